The summed E-state index contributed by atoms with van der Waals surface area (Å²) in [6.07, 6.45) is -0.470. The Morgan fingerprint density at radius 3 is 2.71 bits per heavy atom. The van der Waals surface area contributed by atoms with Crippen molar-refractivity contribution in [2.24, 2.45) is 0 Å². The average molecular weight is 279 g/mol. The number of rotatable bonds is 4. The Kier molecular flexibility index (Phi) is 4.68. The van der Waals surface area contributed by atoms with E-state index in [0.29, 0.717) is 0 Å². The summed E-state index contributed by atoms with van der Waals surface area (Å²) in [7, 11) is 0. The van der Waals surface area contributed by atoms with Crippen molar-refractivity contribution in [3.63, 3.8) is 0 Å². The van der Waals surface area contributed by atoms with Gasteiger partial charge in [-0.25, -0.2) is 9.78 Å². The number of carbonyl (C=O) groups excluding carboxylic acids is 1. The second kappa shape index (κ2) is 5.81. The van der Waals surface area contributed by atoms with Gasteiger partial charge in [0, 0.05) is 6.20 Å². The lowest BCUT2D eigenvalue weighted by Gasteiger charge is -2.08. The molecule has 3 N–H and O–H groups in total. The number of aliphatic hydroxyl groups is 1. The normalized spacial score (nSPS) is 11.9. The number of aliphatic hydroxyl groups excluding tert-OH is 1. The maximum atomic E-state index is 11.6. The Morgan fingerprint density at radius 2 is 2.12 bits per heavy atom. The van der Waals surface area contributed by atoms with Crippen molar-refractivity contribution >= 4 is 35.1 Å². The van der Waals surface area contributed by atoms with E-state index in [0.717, 1.165) is 0 Å². The number of amides is 1. The lowest BCUT2D eigenvalue weighted by Crippen LogP contribution is -2.36. The molecule has 0 unspecified atom stereocenters. The summed E-state index contributed by atoms with van der Waals surface area (Å²) in [6.45, 7) is -0.426. The van der Waals surface area contributed by atoms with Gasteiger partial charge >= 0.3 is 5.97 Å². The molecule has 0 spiro atoms. The number of hydrogen-bond acceptors (Lipinski definition) is 4. The van der Waals surface area contributed by atoms with Crippen molar-refractivity contribution in [3.05, 3.63) is 28.0 Å². The highest BCUT2D eigenvalue weighted by Gasteiger charge is 2.16. The molecule has 0 aliphatic rings. The van der Waals surface area contributed by atoms with Gasteiger partial charge in [-0.2, -0.15) is 0 Å². The van der Waals surface area contributed by atoms with Gasteiger partial charge < -0.3 is 15.5 Å². The zero-order valence-electron chi connectivity index (χ0n) is 8.35. The minimum atomic E-state index is -1.67. The van der Waals surface area contributed by atoms with E-state index in [2.05, 4.69) is 10.3 Å². The largest absolute Gasteiger partial charge is 0.479 e. The molecule has 0 aromatic carbocycles. The fraction of sp³-hybridized carbons (Fsp3) is 0.222. The van der Waals surface area contributed by atoms with Gasteiger partial charge in [0.05, 0.1) is 17.1 Å². The van der Waals surface area contributed by atoms with Crippen LogP contribution in [0.3, 0.4) is 0 Å². The number of nitrogens with one attached hydrogen (secondary N) is 1. The van der Waals surface area contributed by atoms with Crippen LogP contribution >= 0.6 is 23.2 Å². The quantitative estimate of drug-likeness (QED) is 0.699. The van der Waals surface area contributed by atoms with E-state index in [1.54, 1.807) is 0 Å². The first-order chi connectivity index (χ1) is 7.91. The predicted molar refractivity (Wildman–Crippen MR) is 60.2 cm³/mol. The number of aliphatic carboxylic acids is 1. The van der Waals surface area contributed by atoms with Gasteiger partial charge in [-0.1, -0.05) is 23.2 Å². The van der Waals surface area contributed by atoms with E-state index in [-0.39, 0.29) is 15.7 Å². The average Bonchev–Trinajstić information content (AvgIpc) is 2.28. The van der Waals surface area contributed by atoms with Gasteiger partial charge in [0.1, 0.15) is 5.15 Å². The maximum absolute atomic E-state index is 11.6. The standard InChI is InChI=1S/C9H8Cl2N2O4/c10-5-2-12-7(11)1-4(5)8(15)13-3-6(14)9(16)17/h1-2,6,14H,3H2,(H,13,15)(H,16,17)/t6-/m0/s1. The van der Waals surface area contributed by atoms with Crippen LogP contribution < -0.4 is 5.32 Å². The molecule has 0 saturated heterocycles. The van der Waals surface area contributed by atoms with Crippen LogP contribution in [-0.4, -0.2) is 39.7 Å². The molecule has 1 aromatic heterocycles. The molecule has 1 heterocycles. The monoisotopic (exact) mass is 278 g/mol. The van der Waals surface area contributed by atoms with Crippen molar-refractivity contribution in [1.29, 1.82) is 0 Å². The maximum Gasteiger partial charge on any atom is 0.334 e. The number of pyridine rings is 1. The molecule has 1 rings (SSSR count). The summed E-state index contributed by atoms with van der Waals surface area (Å²) in [4.78, 5) is 25.5. The van der Waals surface area contributed by atoms with Crippen molar-refractivity contribution in [2.45, 2.75) is 6.10 Å². The first-order valence-corrected chi connectivity index (χ1v) is 5.17. The first kappa shape index (κ1) is 13.7. The molecule has 8 heteroatoms. The predicted octanol–water partition coefficient (Wildman–Crippen LogP) is 0.564. The molecular formula is C9H8Cl2N2O4. The van der Waals surface area contributed by atoms with Crippen LogP contribution in [0.1, 0.15) is 10.4 Å². The highest BCUT2D eigenvalue weighted by Crippen LogP contribution is 2.17. The molecule has 0 bridgehead atoms. The molecule has 0 fully saturated rings. The van der Waals surface area contributed by atoms with Crippen molar-refractivity contribution in [3.8, 4) is 0 Å². The van der Waals surface area contributed by atoms with Crippen LogP contribution in [-0.2, 0) is 4.79 Å². The Balaban J connectivity index is 2.70. The lowest BCUT2D eigenvalue weighted by molar-refractivity contribution is -0.146. The zero-order valence-corrected chi connectivity index (χ0v) is 9.87. The molecule has 1 aromatic rings. The first-order valence-electron chi connectivity index (χ1n) is 4.42. The summed E-state index contributed by atoms with van der Waals surface area (Å²) in [5, 5.41) is 19.7. The van der Waals surface area contributed by atoms with E-state index in [9.17, 15) is 9.59 Å². The van der Waals surface area contributed by atoms with Crippen LogP contribution in [0.2, 0.25) is 10.2 Å². The Bertz CT molecular complexity index is 453. The Labute approximate surface area is 106 Å². The molecule has 17 heavy (non-hydrogen) atoms. The van der Waals surface area contributed by atoms with Crippen LogP contribution in [0.4, 0.5) is 0 Å². The van der Waals surface area contributed by atoms with Crippen LogP contribution in [0.5, 0.6) is 0 Å². The summed E-state index contributed by atoms with van der Waals surface area (Å²) in [5.74, 6) is -2.07. The molecule has 92 valence electrons. The van der Waals surface area contributed by atoms with Crippen LogP contribution in [0.25, 0.3) is 0 Å². The summed E-state index contributed by atoms with van der Waals surface area (Å²) < 4.78 is 0. The minimum absolute atomic E-state index is 0.0595. The molecular weight excluding hydrogens is 271 g/mol. The third-order valence-corrected chi connectivity index (χ3v) is 2.32. The molecule has 1 amide bonds. The van der Waals surface area contributed by atoms with Gasteiger partial charge in [-0.3, -0.25) is 4.79 Å². The molecule has 0 aliphatic carbocycles. The highest BCUT2D eigenvalue weighted by molar-refractivity contribution is 6.35. The number of carbonyl (C=O) groups is 2. The third-order valence-electron chi connectivity index (χ3n) is 1.81. The third kappa shape index (κ3) is 3.85. The van der Waals surface area contributed by atoms with E-state index < -0.39 is 24.5 Å². The highest BCUT2D eigenvalue weighted by atomic mass is 35.5. The van der Waals surface area contributed by atoms with Gasteiger partial charge in [-0.15, -0.1) is 0 Å². The molecule has 6 nitrogen and oxygen atoms in total. The van der Waals surface area contributed by atoms with Crippen LogP contribution in [0.15, 0.2) is 12.3 Å². The van der Waals surface area contributed by atoms with Gasteiger partial charge in [0.2, 0.25) is 0 Å². The van der Waals surface area contributed by atoms with Crippen molar-refractivity contribution in [2.75, 3.05) is 6.54 Å². The SMILES string of the molecule is O=C(NC[C@H](O)C(=O)O)c1cc(Cl)ncc1Cl. The fourth-order valence-corrected chi connectivity index (χ4v) is 1.31. The van der Waals surface area contributed by atoms with E-state index in [4.69, 9.17) is 33.4 Å². The Hall–Kier alpha value is -1.37. The fourth-order valence-electron chi connectivity index (χ4n) is 0.959. The summed E-state index contributed by atoms with van der Waals surface area (Å²) >= 11 is 11.3. The van der Waals surface area contributed by atoms with Crippen molar-refractivity contribution < 1.29 is 19.8 Å². The number of carboxylic acid groups (broad SMARTS) is 1. The summed E-state index contributed by atoms with van der Waals surface area (Å²) in [6, 6.07) is 1.24. The van der Waals surface area contributed by atoms with Crippen molar-refractivity contribution in [1.82, 2.24) is 10.3 Å². The second-order valence-corrected chi connectivity index (χ2v) is 3.85. The molecule has 0 saturated carbocycles. The summed E-state index contributed by atoms with van der Waals surface area (Å²) in [5.41, 5.74) is 0.0595. The number of aromatic nitrogens is 1. The molecule has 0 aliphatic heterocycles. The number of carboxylic acids is 1. The number of halogens is 2. The van der Waals surface area contributed by atoms with E-state index in [1.165, 1.54) is 12.3 Å². The smallest absolute Gasteiger partial charge is 0.334 e. The van der Waals surface area contributed by atoms with Gasteiger partial charge in [0.15, 0.2) is 6.10 Å². The lowest BCUT2D eigenvalue weighted by atomic mass is 10.2. The van der Waals surface area contributed by atoms with E-state index >= 15 is 0 Å². The zero-order chi connectivity index (χ0) is 13.0. The minimum Gasteiger partial charge on any atom is -0.479 e. The number of hydrogen-bond donors (Lipinski definition) is 3. The topological polar surface area (TPSA) is 99.5 Å². The Morgan fingerprint density at radius 1 is 1.47 bits per heavy atom. The van der Waals surface area contributed by atoms with Gasteiger partial charge in [-0.05, 0) is 6.07 Å². The van der Waals surface area contributed by atoms with Crippen LogP contribution in [0, 0.1) is 0 Å². The number of nitrogens with zero attached hydrogens (tertiary/aromatic N) is 1. The van der Waals surface area contributed by atoms with E-state index in [1.807, 2.05) is 0 Å². The molecule has 0 radical (unpaired) electrons. The second-order valence-electron chi connectivity index (χ2n) is 3.05. The van der Waals surface area contributed by atoms with Gasteiger partial charge in [0.25, 0.3) is 5.91 Å². The molecule has 1 atom stereocenters.